The number of hydrogen-bond donors (Lipinski definition) is 1. The van der Waals surface area contributed by atoms with Crippen LogP contribution in [0.15, 0.2) is 30.5 Å². The molecule has 1 fully saturated rings. The molecule has 2 heterocycles. The van der Waals surface area contributed by atoms with E-state index >= 15 is 0 Å². The largest absolute Gasteiger partial charge is 0.379 e. The number of nitrogens with one attached hydrogen (secondary N) is 1. The number of halogens is 1. The lowest BCUT2D eigenvalue weighted by atomic mass is 10.0. The van der Waals surface area contributed by atoms with Crippen LogP contribution in [0.4, 0.5) is 4.39 Å². The maximum atomic E-state index is 13.1. The van der Waals surface area contributed by atoms with E-state index in [4.69, 9.17) is 4.74 Å². The minimum absolute atomic E-state index is 0.0824. The summed E-state index contributed by atoms with van der Waals surface area (Å²) in [7, 11) is 0. The van der Waals surface area contributed by atoms with Crippen LogP contribution in [0.5, 0.6) is 0 Å². The second-order valence-electron chi connectivity index (χ2n) is 6.62. The smallest absolute Gasteiger partial charge is 0.273 e. The Hall–Kier alpha value is -2.32. The van der Waals surface area contributed by atoms with Crippen molar-refractivity contribution in [3.05, 3.63) is 47.5 Å². The van der Waals surface area contributed by atoms with Crippen LogP contribution in [0.3, 0.4) is 0 Å². The molecule has 0 radical (unpaired) electrons. The number of carbonyl (C=O) groups is 1. The van der Waals surface area contributed by atoms with E-state index < -0.39 is 0 Å². The fourth-order valence-electron chi connectivity index (χ4n) is 3.21. The first kappa shape index (κ1) is 19.4. The first-order valence-corrected chi connectivity index (χ1v) is 9.43. The fraction of sp³-hybridized carbons (Fsp3) is 0.526. The third-order valence-corrected chi connectivity index (χ3v) is 4.74. The molecule has 3 rings (SSSR count). The first-order chi connectivity index (χ1) is 13.2. The summed E-state index contributed by atoms with van der Waals surface area (Å²) in [6, 6.07) is 6.24. The van der Waals surface area contributed by atoms with Crippen LogP contribution in [0.2, 0.25) is 0 Å². The standard InChI is InChI=1S/C19H26FN5O2/c1-2-18(15-4-6-16(20)7-5-15)25-14-17(22-23-25)19(26)21-8-3-9-24-10-12-27-13-11-24/h4-7,14,18H,2-3,8-13H2,1H3,(H,21,26)/t18-/m1/s1. The SMILES string of the molecule is CC[C@H](c1ccc(F)cc1)n1cc(C(=O)NCCCN2CCOCC2)nn1. The molecular formula is C19H26FN5O2. The monoisotopic (exact) mass is 375 g/mol. The van der Waals surface area contributed by atoms with Crippen molar-refractivity contribution in [2.75, 3.05) is 39.4 Å². The molecule has 0 bridgehead atoms. The molecule has 0 saturated carbocycles. The molecule has 1 aromatic heterocycles. The van der Waals surface area contributed by atoms with Crippen LogP contribution >= 0.6 is 0 Å². The van der Waals surface area contributed by atoms with Crippen molar-refractivity contribution >= 4 is 5.91 Å². The van der Waals surface area contributed by atoms with E-state index in [1.165, 1.54) is 12.1 Å². The number of rotatable bonds is 8. The Morgan fingerprint density at radius 2 is 2.04 bits per heavy atom. The normalized spacial score (nSPS) is 16.2. The van der Waals surface area contributed by atoms with E-state index in [0.717, 1.165) is 51.3 Å². The van der Waals surface area contributed by atoms with Gasteiger partial charge in [0.2, 0.25) is 0 Å². The minimum atomic E-state index is -0.274. The van der Waals surface area contributed by atoms with Crippen LogP contribution in [0.1, 0.15) is 41.9 Å². The second-order valence-corrected chi connectivity index (χ2v) is 6.62. The molecule has 7 nitrogen and oxygen atoms in total. The van der Waals surface area contributed by atoms with E-state index in [1.54, 1.807) is 23.0 Å². The maximum absolute atomic E-state index is 13.1. The van der Waals surface area contributed by atoms with Gasteiger partial charge in [0.1, 0.15) is 5.82 Å². The number of aromatic nitrogens is 3. The molecule has 1 aliphatic rings. The minimum Gasteiger partial charge on any atom is -0.379 e. The van der Waals surface area contributed by atoms with Gasteiger partial charge < -0.3 is 10.1 Å². The molecule has 0 spiro atoms. The Morgan fingerprint density at radius 3 is 2.74 bits per heavy atom. The van der Waals surface area contributed by atoms with Gasteiger partial charge in [-0.2, -0.15) is 0 Å². The molecule has 1 aliphatic heterocycles. The van der Waals surface area contributed by atoms with Gasteiger partial charge in [-0.1, -0.05) is 24.3 Å². The molecule has 1 N–H and O–H groups in total. The molecule has 146 valence electrons. The number of nitrogens with zero attached hydrogens (tertiary/aromatic N) is 4. The van der Waals surface area contributed by atoms with Crippen LogP contribution < -0.4 is 5.32 Å². The third-order valence-electron chi connectivity index (χ3n) is 4.74. The predicted molar refractivity (Wildman–Crippen MR) is 99.1 cm³/mol. The molecule has 0 aliphatic carbocycles. The zero-order chi connectivity index (χ0) is 19.1. The van der Waals surface area contributed by atoms with E-state index in [2.05, 4.69) is 20.5 Å². The summed E-state index contributed by atoms with van der Waals surface area (Å²) in [4.78, 5) is 14.6. The molecule has 1 atom stereocenters. The molecule has 1 aromatic carbocycles. The highest BCUT2D eigenvalue weighted by Gasteiger charge is 2.17. The van der Waals surface area contributed by atoms with Gasteiger partial charge in [0, 0.05) is 19.6 Å². The van der Waals surface area contributed by atoms with E-state index in [-0.39, 0.29) is 17.8 Å². The van der Waals surface area contributed by atoms with Gasteiger partial charge in [-0.05, 0) is 37.1 Å². The second kappa shape index (κ2) is 9.57. The van der Waals surface area contributed by atoms with E-state index in [1.807, 2.05) is 6.92 Å². The lowest BCUT2D eigenvalue weighted by Crippen LogP contribution is -2.38. The lowest BCUT2D eigenvalue weighted by Gasteiger charge is -2.26. The Morgan fingerprint density at radius 1 is 1.30 bits per heavy atom. The molecule has 1 amide bonds. The molecule has 1 saturated heterocycles. The topological polar surface area (TPSA) is 72.3 Å². The highest BCUT2D eigenvalue weighted by Crippen LogP contribution is 2.21. The van der Waals surface area contributed by atoms with Crippen molar-refractivity contribution < 1.29 is 13.9 Å². The summed E-state index contributed by atoms with van der Waals surface area (Å²) in [6.07, 6.45) is 3.29. The highest BCUT2D eigenvalue weighted by atomic mass is 19.1. The number of hydrogen-bond acceptors (Lipinski definition) is 5. The Labute approximate surface area is 158 Å². The first-order valence-electron chi connectivity index (χ1n) is 9.43. The molecule has 27 heavy (non-hydrogen) atoms. The molecule has 8 heteroatoms. The van der Waals surface area contributed by atoms with Gasteiger partial charge in [-0.3, -0.25) is 9.69 Å². The average molecular weight is 375 g/mol. The van der Waals surface area contributed by atoms with Gasteiger partial charge in [-0.15, -0.1) is 5.10 Å². The summed E-state index contributed by atoms with van der Waals surface area (Å²) >= 11 is 0. The zero-order valence-electron chi connectivity index (χ0n) is 15.6. The average Bonchev–Trinajstić information content (AvgIpc) is 3.18. The summed E-state index contributed by atoms with van der Waals surface area (Å²) in [6.45, 7) is 7.01. The Bertz CT molecular complexity index is 728. The van der Waals surface area contributed by atoms with Crippen LogP contribution in [0, 0.1) is 5.82 Å². The number of amides is 1. The lowest BCUT2D eigenvalue weighted by molar-refractivity contribution is 0.0374. The molecule has 2 aromatic rings. The van der Waals surface area contributed by atoms with Crippen LogP contribution in [0.25, 0.3) is 0 Å². The number of carbonyl (C=O) groups excluding carboxylic acids is 1. The highest BCUT2D eigenvalue weighted by molar-refractivity contribution is 5.91. The van der Waals surface area contributed by atoms with Crippen molar-refractivity contribution in [1.82, 2.24) is 25.2 Å². The van der Waals surface area contributed by atoms with Crippen molar-refractivity contribution in [3.63, 3.8) is 0 Å². The van der Waals surface area contributed by atoms with Gasteiger partial charge in [-0.25, -0.2) is 9.07 Å². The number of ether oxygens (including phenoxy) is 1. The van der Waals surface area contributed by atoms with E-state index in [0.29, 0.717) is 12.2 Å². The van der Waals surface area contributed by atoms with Gasteiger partial charge in [0.05, 0.1) is 25.5 Å². The summed E-state index contributed by atoms with van der Waals surface area (Å²) in [5.74, 6) is -0.499. The summed E-state index contributed by atoms with van der Waals surface area (Å²) < 4.78 is 20.1. The van der Waals surface area contributed by atoms with Crippen molar-refractivity contribution in [2.45, 2.75) is 25.8 Å². The Balaban J connectivity index is 1.51. The zero-order valence-corrected chi connectivity index (χ0v) is 15.6. The maximum Gasteiger partial charge on any atom is 0.273 e. The van der Waals surface area contributed by atoms with Crippen molar-refractivity contribution in [2.24, 2.45) is 0 Å². The van der Waals surface area contributed by atoms with Crippen molar-refractivity contribution in [3.8, 4) is 0 Å². The third kappa shape index (κ3) is 5.33. The number of morpholine rings is 1. The quantitative estimate of drug-likeness (QED) is 0.713. The van der Waals surface area contributed by atoms with Crippen molar-refractivity contribution in [1.29, 1.82) is 0 Å². The predicted octanol–water partition coefficient (Wildman–Crippen LogP) is 1.87. The van der Waals surface area contributed by atoms with Gasteiger partial charge >= 0.3 is 0 Å². The molecule has 0 unspecified atom stereocenters. The summed E-state index contributed by atoms with van der Waals surface area (Å²) in [5.41, 5.74) is 1.23. The van der Waals surface area contributed by atoms with E-state index in [9.17, 15) is 9.18 Å². The van der Waals surface area contributed by atoms with Crippen LogP contribution in [-0.2, 0) is 4.74 Å². The van der Waals surface area contributed by atoms with Gasteiger partial charge in [0.25, 0.3) is 5.91 Å². The number of benzene rings is 1. The van der Waals surface area contributed by atoms with Gasteiger partial charge in [0.15, 0.2) is 5.69 Å². The molecular weight excluding hydrogens is 349 g/mol. The fourth-order valence-corrected chi connectivity index (χ4v) is 3.21. The van der Waals surface area contributed by atoms with Crippen LogP contribution in [-0.4, -0.2) is 65.2 Å². The summed E-state index contributed by atoms with van der Waals surface area (Å²) in [5, 5.41) is 11.0. The Kier molecular flexibility index (Phi) is 6.89.